The van der Waals surface area contributed by atoms with Gasteiger partial charge in [-0.2, -0.15) is 0 Å². The van der Waals surface area contributed by atoms with Crippen LogP contribution >= 0.6 is 22.9 Å². The molecule has 28 heavy (non-hydrogen) atoms. The summed E-state index contributed by atoms with van der Waals surface area (Å²) in [5.41, 5.74) is 10.8. The van der Waals surface area contributed by atoms with Gasteiger partial charge in [-0.1, -0.05) is 59.2 Å². The van der Waals surface area contributed by atoms with Crippen molar-refractivity contribution in [2.75, 3.05) is 5.73 Å². The monoisotopic (exact) mass is 410 g/mol. The second-order valence-corrected chi connectivity index (χ2v) is 8.41. The Morgan fingerprint density at radius 2 is 1.86 bits per heavy atom. The fourth-order valence-corrected chi connectivity index (χ4v) is 4.25. The van der Waals surface area contributed by atoms with Gasteiger partial charge in [-0.05, 0) is 35.7 Å². The molecule has 0 spiro atoms. The number of rotatable bonds is 6. The lowest BCUT2D eigenvalue weighted by Gasteiger charge is -2.08. The highest BCUT2D eigenvalue weighted by Crippen LogP contribution is 2.28. The van der Waals surface area contributed by atoms with Gasteiger partial charge in [0.25, 0.3) is 0 Å². The number of benzene rings is 2. The van der Waals surface area contributed by atoms with Crippen LogP contribution in [0.5, 0.6) is 0 Å². The van der Waals surface area contributed by atoms with Gasteiger partial charge in [0.1, 0.15) is 6.10 Å². The second-order valence-electron chi connectivity index (χ2n) is 6.70. The molecule has 0 saturated heterocycles. The summed E-state index contributed by atoms with van der Waals surface area (Å²) >= 11 is 7.21. The lowest BCUT2D eigenvalue weighted by molar-refractivity contribution is 0.0720. The van der Waals surface area contributed by atoms with Crippen LogP contribution in [0.2, 0.25) is 4.34 Å². The third kappa shape index (κ3) is 4.11. The Kier molecular flexibility index (Phi) is 5.46. The molecular weight excluding hydrogens is 392 g/mol. The summed E-state index contributed by atoms with van der Waals surface area (Å²) in [6, 6.07) is 19.5. The van der Waals surface area contributed by atoms with E-state index < -0.39 is 0 Å². The molecule has 2 aromatic carbocycles. The van der Waals surface area contributed by atoms with Crippen LogP contribution in [-0.2, 0) is 4.84 Å². The Balaban J connectivity index is 1.35. The lowest BCUT2D eigenvalue weighted by atomic mass is 9.98. The SMILES string of the molecule is Nc1ccccc1-c1ccc(C2=NOC(CCC(=O)c3ccc(Cl)s3)C2)cc1. The number of ketones is 1. The third-order valence-corrected chi connectivity index (χ3v) is 6.04. The van der Waals surface area contributed by atoms with E-state index in [-0.39, 0.29) is 11.9 Å². The van der Waals surface area contributed by atoms with E-state index in [1.165, 1.54) is 11.3 Å². The number of carbonyl (C=O) groups is 1. The molecule has 4 rings (SSSR count). The van der Waals surface area contributed by atoms with Gasteiger partial charge in [-0.25, -0.2) is 0 Å². The highest BCUT2D eigenvalue weighted by Gasteiger charge is 2.23. The van der Waals surface area contributed by atoms with Crippen molar-refractivity contribution >= 4 is 40.1 Å². The molecule has 0 saturated carbocycles. The number of halogens is 1. The largest absolute Gasteiger partial charge is 0.398 e. The molecule has 1 aliphatic rings. The molecule has 1 aliphatic heterocycles. The van der Waals surface area contributed by atoms with E-state index >= 15 is 0 Å². The first-order chi connectivity index (χ1) is 13.6. The van der Waals surface area contributed by atoms with Gasteiger partial charge in [-0.15, -0.1) is 11.3 Å². The van der Waals surface area contributed by atoms with Crippen molar-refractivity contribution in [3.8, 4) is 11.1 Å². The number of nitrogens with two attached hydrogens (primary N) is 1. The van der Waals surface area contributed by atoms with E-state index in [9.17, 15) is 4.79 Å². The molecule has 3 aromatic rings. The second kappa shape index (κ2) is 8.17. The molecule has 0 radical (unpaired) electrons. The van der Waals surface area contributed by atoms with Crippen molar-refractivity contribution in [3.63, 3.8) is 0 Å². The van der Waals surface area contributed by atoms with Crippen molar-refractivity contribution in [3.05, 3.63) is 75.4 Å². The maximum atomic E-state index is 12.2. The van der Waals surface area contributed by atoms with E-state index in [1.807, 2.05) is 48.5 Å². The number of carbonyl (C=O) groups excluding carboxylic acids is 1. The molecule has 1 unspecified atom stereocenters. The molecule has 0 bridgehead atoms. The minimum absolute atomic E-state index is 0.0705. The van der Waals surface area contributed by atoms with Gasteiger partial charge in [0.2, 0.25) is 0 Å². The molecule has 0 amide bonds. The predicted octanol–water partition coefficient (Wildman–Crippen LogP) is 5.81. The number of thiophene rings is 1. The fourth-order valence-electron chi connectivity index (χ4n) is 3.24. The normalized spacial score (nSPS) is 15.9. The van der Waals surface area contributed by atoms with Gasteiger partial charge in [-0.3, -0.25) is 4.79 Å². The lowest BCUT2D eigenvalue weighted by Crippen LogP contribution is -2.11. The Morgan fingerprint density at radius 1 is 1.11 bits per heavy atom. The summed E-state index contributed by atoms with van der Waals surface area (Å²) < 4.78 is 0.631. The number of Topliss-reactive ketones (excluding diaryl/α,β-unsaturated/α-hetero) is 1. The predicted molar refractivity (Wildman–Crippen MR) is 115 cm³/mol. The van der Waals surface area contributed by atoms with Crippen LogP contribution in [0.15, 0.2) is 65.8 Å². The average Bonchev–Trinajstić information content (AvgIpc) is 3.36. The summed E-state index contributed by atoms with van der Waals surface area (Å²) in [6.45, 7) is 0. The minimum atomic E-state index is -0.0705. The van der Waals surface area contributed by atoms with Crippen LogP contribution < -0.4 is 5.73 Å². The zero-order valence-corrected chi connectivity index (χ0v) is 16.7. The van der Waals surface area contributed by atoms with Crippen molar-refractivity contribution in [1.29, 1.82) is 0 Å². The molecule has 4 nitrogen and oxygen atoms in total. The standard InChI is InChI=1S/C22H19ClN2O2S/c23-22-12-11-21(28-22)20(26)10-9-16-13-19(25-27-16)15-7-5-14(6-8-15)17-3-1-2-4-18(17)24/h1-8,11-12,16H,9-10,13,24H2. The first-order valence-corrected chi connectivity index (χ1v) is 10.3. The van der Waals surface area contributed by atoms with Crippen molar-refractivity contribution in [1.82, 2.24) is 0 Å². The molecule has 2 heterocycles. The van der Waals surface area contributed by atoms with Gasteiger partial charge < -0.3 is 10.6 Å². The van der Waals surface area contributed by atoms with Crippen LogP contribution in [-0.4, -0.2) is 17.6 Å². The Labute approximate surface area is 172 Å². The van der Waals surface area contributed by atoms with Crippen molar-refractivity contribution < 1.29 is 9.63 Å². The van der Waals surface area contributed by atoms with Crippen molar-refractivity contribution in [2.45, 2.75) is 25.4 Å². The molecule has 0 aliphatic carbocycles. The fraction of sp³-hybridized carbons (Fsp3) is 0.182. The van der Waals surface area contributed by atoms with Crippen LogP contribution in [0, 0.1) is 0 Å². The van der Waals surface area contributed by atoms with E-state index in [1.54, 1.807) is 12.1 Å². The Morgan fingerprint density at radius 3 is 2.57 bits per heavy atom. The zero-order valence-electron chi connectivity index (χ0n) is 15.1. The van der Waals surface area contributed by atoms with Crippen molar-refractivity contribution in [2.24, 2.45) is 5.16 Å². The number of oxime groups is 1. The van der Waals surface area contributed by atoms with Gasteiger partial charge in [0, 0.05) is 24.1 Å². The zero-order chi connectivity index (χ0) is 19.5. The smallest absolute Gasteiger partial charge is 0.172 e. The van der Waals surface area contributed by atoms with E-state index in [0.29, 0.717) is 28.5 Å². The van der Waals surface area contributed by atoms with Gasteiger partial charge in [0.15, 0.2) is 5.78 Å². The van der Waals surface area contributed by atoms with Gasteiger partial charge >= 0.3 is 0 Å². The number of para-hydroxylation sites is 1. The maximum absolute atomic E-state index is 12.2. The number of anilines is 1. The molecule has 6 heteroatoms. The highest BCUT2D eigenvalue weighted by atomic mass is 35.5. The summed E-state index contributed by atoms with van der Waals surface area (Å²) in [5.74, 6) is 0.0961. The Bertz CT molecular complexity index is 1030. The number of hydrogen-bond acceptors (Lipinski definition) is 5. The number of nitrogens with zero attached hydrogens (tertiary/aromatic N) is 1. The minimum Gasteiger partial charge on any atom is -0.398 e. The average molecular weight is 411 g/mol. The summed E-state index contributed by atoms with van der Waals surface area (Å²) in [4.78, 5) is 18.4. The van der Waals surface area contributed by atoms with E-state index in [0.717, 1.165) is 28.1 Å². The molecule has 1 aromatic heterocycles. The van der Waals surface area contributed by atoms with E-state index in [2.05, 4.69) is 5.16 Å². The third-order valence-electron chi connectivity index (χ3n) is 4.76. The molecule has 0 fully saturated rings. The summed E-state index contributed by atoms with van der Waals surface area (Å²) in [7, 11) is 0. The first kappa shape index (κ1) is 18.7. The summed E-state index contributed by atoms with van der Waals surface area (Å²) in [5, 5.41) is 4.22. The molecule has 2 N–H and O–H groups in total. The van der Waals surface area contributed by atoms with Gasteiger partial charge in [0.05, 0.1) is 14.9 Å². The first-order valence-electron chi connectivity index (χ1n) is 9.06. The summed E-state index contributed by atoms with van der Waals surface area (Å²) in [6.07, 6.45) is 1.70. The maximum Gasteiger partial charge on any atom is 0.172 e. The molecule has 1 atom stereocenters. The number of nitrogen functional groups attached to an aromatic ring is 1. The highest BCUT2D eigenvalue weighted by molar-refractivity contribution is 7.18. The van der Waals surface area contributed by atoms with Crippen LogP contribution in [0.4, 0.5) is 5.69 Å². The Hall–Kier alpha value is -2.63. The number of hydrogen-bond donors (Lipinski definition) is 1. The molecule has 142 valence electrons. The quantitative estimate of drug-likeness (QED) is 0.412. The van der Waals surface area contributed by atoms with Crippen LogP contribution in [0.25, 0.3) is 11.1 Å². The molecular formula is C22H19ClN2O2S. The topological polar surface area (TPSA) is 64.7 Å². The van der Waals surface area contributed by atoms with Crippen LogP contribution in [0.3, 0.4) is 0 Å². The van der Waals surface area contributed by atoms with E-state index in [4.69, 9.17) is 22.2 Å². The van der Waals surface area contributed by atoms with Crippen LogP contribution in [0.1, 0.15) is 34.5 Å².